The highest BCUT2D eigenvalue weighted by Gasteiger charge is 2.32. The zero-order valence-corrected chi connectivity index (χ0v) is 16.6. The second-order valence-corrected chi connectivity index (χ2v) is 8.47. The van der Waals surface area contributed by atoms with Gasteiger partial charge in [-0.1, -0.05) is 0 Å². The van der Waals surface area contributed by atoms with E-state index in [1.807, 2.05) is 4.90 Å². The predicted octanol–water partition coefficient (Wildman–Crippen LogP) is 0.0536. The monoisotopic (exact) mass is 411 g/mol. The molecule has 9 nitrogen and oxygen atoms in total. The summed E-state index contributed by atoms with van der Waals surface area (Å²) in [7, 11) is -2.52. The number of amides is 2. The number of carbonyl (C=O) groups is 2. The van der Waals surface area contributed by atoms with Crippen molar-refractivity contribution in [2.75, 3.05) is 46.5 Å². The Morgan fingerprint density at radius 1 is 1.11 bits per heavy atom. The molecule has 3 rings (SSSR count). The summed E-state index contributed by atoms with van der Waals surface area (Å²) in [5.41, 5.74) is 0.145. The van der Waals surface area contributed by atoms with Crippen LogP contribution in [-0.2, 0) is 19.6 Å². The van der Waals surface area contributed by atoms with E-state index in [4.69, 9.17) is 14.6 Å². The largest absolute Gasteiger partial charge is 0.496 e. The summed E-state index contributed by atoms with van der Waals surface area (Å²) in [4.78, 5) is 28.9. The molecule has 0 bridgehead atoms. The van der Waals surface area contributed by atoms with Gasteiger partial charge in [0, 0.05) is 32.1 Å². The molecule has 28 heavy (non-hydrogen) atoms. The van der Waals surface area contributed by atoms with Crippen LogP contribution in [0.15, 0.2) is 23.1 Å². The maximum Gasteiger partial charge on any atom is 0.257 e. The Balaban J connectivity index is 1.69. The Morgan fingerprint density at radius 3 is 2.32 bits per heavy atom. The van der Waals surface area contributed by atoms with Crippen molar-refractivity contribution >= 4 is 21.8 Å². The molecule has 0 unspecified atom stereocenters. The molecule has 154 valence electrons. The smallest absolute Gasteiger partial charge is 0.257 e. The second kappa shape index (κ2) is 8.46. The fourth-order valence-corrected chi connectivity index (χ4v) is 4.11. The van der Waals surface area contributed by atoms with Gasteiger partial charge in [0.05, 0.1) is 30.8 Å². The maximum absolute atomic E-state index is 12.9. The van der Waals surface area contributed by atoms with Crippen LogP contribution < -0.4 is 9.88 Å². The van der Waals surface area contributed by atoms with Gasteiger partial charge in [-0.2, -0.15) is 0 Å². The Labute approximate surface area is 164 Å². The molecule has 2 heterocycles. The number of carbonyl (C=O) groups excluding carboxylic acids is 2. The number of nitrogens with zero attached hydrogens (tertiary/aromatic N) is 2. The third kappa shape index (κ3) is 4.45. The first kappa shape index (κ1) is 20.6. The molecular weight excluding hydrogens is 386 g/mol. The van der Waals surface area contributed by atoms with Crippen LogP contribution in [0, 0.1) is 5.92 Å². The van der Waals surface area contributed by atoms with Crippen LogP contribution in [0.3, 0.4) is 0 Å². The minimum atomic E-state index is -3.93. The van der Waals surface area contributed by atoms with Crippen LogP contribution in [0.5, 0.6) is 5.75 Å². The van der Waals surface area contributed by atoms with E-state index in [-0.39, 0.29) is 33.9 Å². The number of hydrogen-bond acceptors (Lipinski definition) is 6. The Morgan fingerprint density at radius 2 is 1.75 bits per heavy atom. The van der Waals surface area contributed by atoms with Gasteiger partial charge >= 0.3 is 0 Å². The van der Waals surface area contributed by atoms with Crippen molar-refractivity contribution in [3.63, 3.8) is 0 Å². The number of hydrogen-bond donors (Lipinski definition) is 1. The average Bonchev–Trinajstić information content (AvgIpc) is 2.72. The molecule has 1 aromatic rings. The summed E-state index contributed by atoms with van der Waals surface area (Å²) >= 11 is 0. The van der Waals surface area contributed by atoms with Crippen LogP contribution >= 0.6 is 0 Å². The Kier molecular flexibility index (Phi) is 6.21. The number of likely N-dealkylation sites (tertiary alicyclic amines) is 1. The number of ether oxygens (including phenoxy) is 2. The minimum absolute atomic E-state index is 0.111. The van der Waals surface area contributed by atoms with Gasteiger partial charge in [-0.05, 0) is 31.0 Å². The van der Waals surface area contributed by atoms with Crippen molar-refractivity contribution in [1.29, 1.82) is 0 Å². The van der Waals surface area contributed by atoms with E-state index in [9.17, 15) is 18.0 Å². The zero-order valence-electron chi connectivity index (χ0n) is 15.8. The number of piperidine rings is 1. The molecule has 2 fully saturated rings. The van der Waals surface area contributed by atoms with Gasteiger partial charge in [-0.15, -0.1) is 0 Å². The van der Waals surface area contributed by atoms with E-state index in [2.05, 4.69) is 0 Å². The zero-order chi connectivity index (χ0) is 20.3. The highest BCUT2D eigenvalue weighted by atomic mass is 32.2. The topological polar surface area (TPSA) is 119 Å². The minimum Gasteiger partial charge on any atom is -0.496 e. The summed E-state index contributed by atoms with van der Waals surface area (Å²) in [6, 6.07) is 3.96. The standard InChI is InChI=1S/C18H25N3O6S/c1-26-16-3-2-14(28(19,24)25)12-15(16)18(23)20-6-4-13(5-7-20)17(22)21-8-10-27-11-9-21/h2-3,12-13H,4-11H2,1H3,(H2,19,24,25). The van der Waals surface area contributed by atoms with E-state index in [0.29, 0.717) is 52.2 Å². The highest BCUT2D eigenvalue weighted by Crippen LogP contribution is 2.27. The summed E-state index contributed by atoms with van der Waals surface area (Å²) < 4.78 is 33.7. The molecule has 0 atom stereocenters. The highest BCUT2D eigenvalue weighted by molar-refractivity contribution is 7.89. The molecule has 0 spiro atoms. The van der Waals surface area contributed by atoms with Crippen molar-refractivity contribution < 1.29 is 27.5 Å². The first-order valence-corrected chi connectivity index (χ1v) is 10.7. The van der Waals surface area contributed by atoms with Crippen LogP contribution in [0.4, 0.5) is 0 Å². The van der Waals surface area contributed by atoms with E-state index in [1.165, 1.54) is 25.3 Å². The number of primary sulfonamides is 1. The van der Waals surface area contributed by atoms with Gasteiger partial charge in [-0.3, -0.25) is 9.59 Å². The van der Waals surface area contributed by atoms with Crippen LogP contribution in [0.1, 0.15) is 23.2 Å². The lowest BCUT2D eigenvalue weighted by Crippen LogP contribution is -2.47. The van der Waals surface area contributed by atoms with Crippen molar-refractivity contribution in [2.24, 2.45) is 11.1 Å². The number of rotatable bonds is 4. The van der Waals surface area contributed by atoms with Gasteiger partial charge in [0.15, 0.2) is 0 Å². The van der Waals surface area contributed by atoms with E-state index in [0.717, 1.165) is 0 Å². The van der Waals surface area contributed by atoms with Gasteiger partial charge in [-0.25, -0.2) is 13.6 Å². The predicted molar refractivity (Wildman–Crippen MR) is 100 cm³/mol. The molecule has 10 heteroatoms. The molecule has 0 radical (unpaired) electrons. The lowest BCUT2D eigenvalue weighted by atomic mass is 9.94. The van der Waals surface area contributed by atoms with Crippen molar-refractivity contribution in [3.8, 4) is 5.75 Å². The number of methoxy groups -OCH3 is 1. The normalized spacial score (nSPS) is 18.8. The summed E-state index contributed by atoms with van der Waals surface area (Å²) in [6.07, 6.45) is 1.14. The van der Waals surface area contributed by atoms with E-state index in [1.54, 1.807) is 4.90 Å². The van der Waals surface area contributed by atoms with Crippen molar-refractivity contribution in [2.45, 2.75) is 17.7 Å². The van der Waals surface area contributed by atoms with Gasteiger partial charge in [0.1, 0.15) is 5.75 Å². The summed E-state index contributed by atoms with van der Waals surface area (Å²) in [5.74, 6) is -0.0486. The third-order valence-electron chi connectivity index (χ3n) is 5.18. The number of sulfonamides is 1. The molecule has 2 aliphatic rings. The average molecular weight is 411 g/mol. The molecule has 2 saturated heterocycles. The van der Waals surface area contributed by atoms with Crippen LogP contribution in [0.2, 0.25) is 0 Å². The summed E-state index contributed by atoms with van der Waals surface area (Å²) in [6.45, 7) is 3.17. The molecule has 2 aliphatic heterocycles. The van der Waals surface area contributed by atoms with Crippen molar-refractivity contribution in [1.82, 2.24) is 9.80 Å². The first-order chi connectivity index (χ1) is 13.3. The number of benzene rings is 1. The Hall–Kier alpha value is -2.17. The first-order valence-electron chi connectivity index (χ1n) is 9.18. The second-order valence-electron chi connectivity index (χ2n) is 6.91. The molecule has 2 amide bonds. The molecule has 0 aromatic heterocycles. The van der Waals surface area contributed by atoms with E-state index >= 15 is 0 Å². The van der Waals surface area contributed by atoms with Gasteiger partial charge < -0.3 is 19.3 Å². The van der Waals surface area contributed by atoms with Crippen LogP contribution in [-0.4, -0.2) is 76.5 Å². The van der Waals surface area contributed by atoms with Crippen molar-refractivity contribution in [3.05, 3.63) is 23.8 Å². The maximum atomic E-state index is 12.9. The van der Waals surface area contributed by atoms with E-state index < -0.39 is 10.0 Å². The number of nitrogens with two attached hydrogens (primary N) is 1. The molecule has 0 aliphatic carbocycles. The molecular formula is C18H25N3O6S. The fraction of sp³-hybridized carbons (Fsp3) is 0.556. The lowest BCUT2D eigenvalue weighted by Gasteiger charge is -2.35. The molecule has 0 saturated carbocycles. The van der Waals surface area contributed by atoms with Crippen LogP contribution in [0.25, 0.3) is 0 Å². The quantitative estimate of drug-likeness (QED) is 0.748. The Bertz CT molecular complexity index is 843. The van der Waals surface area contributed by atoms with Gasteiger partial charge in [0.2, 0.25) is 15.9 Å². The fourth-order valence-electron chi connectivity index (χ4n) is 3.57. The number of morpholine rings is 1. The molecule has 1 aromatic carbocycles. The third-order valence-corrected chi connectivity index (χ3v) is 6.10. The SMILES string of the molecule is COc1ccc(S(N)(=O)=O)cc1C(=O)N1CCC(C(=O)N2CCOCC2)CC1. The summed E-state index contributed by atoms with van der Waals surface area (Å²) in [5, 5.41) is 5.17. The molecule has 2 N–H and O–H groups in total. The van der Waals surface area contributed by atoms with Gasteiger partial charge in [0.25, 0.3) is 5.91 Å². The lowest BCUT2D eigenvalue weighted by molar-refractivity contribution is -0.141.